The van der Waals surface area contributed by atoms with Crippen LogP contribution >= 0.6 is 0 Å². The average molecular weight is 347 g/mol. The van der Waals surface area contributed by atoms with Crippen molar-refractivity contribution in [3.05, 3.63) is 36.4 Å². The molecule has 134 valence electrons. The Bertz CT molecular complexity index is 685. The number of ether oxygens (including phenoxy) is 3. The Morgan fingerprint density at radius 1 is 1.36 bits per heavy atom. The van der Waals surface area contributed by atoms with Crippen molar-refractivity contribution in [1.29, 1.82) is 0 Å². The summed E-state index contributed by atoms with van der Waals surface area (Å²) in [5, 5.41) is 10.5. The molecule has 0 aliphatic carbocycles. The van der Waals surface area contributed by atoms with Crippen LogP contribution in [0.15, 0.2) is 36.4 Å². The van der Waals surface area contributed by atoms with Crippen molar-refractivity contribution in [2.24, 2.45) is 0 Å². The van der Waals surface area contributed by atoms with Gasteiger partial charge in [-0.25, -0.2) is 0 Å². The second-order valence-electron chi connectivity index (χ2n) is 6.15. The van der Waals surface area contributed by atoms with Crippen molar-refractivity contribution < 1.29 is 28.9 Å². The summed E-state index contributed by atoms with van der Waals surface area (Å²) in [6.45, 7) is 3.90. The van der Waals surface area contributed by atoms with Crippen LogP contribution in [0.2, 0.25) is 0 Å². The van der Waals surface area contributed by atoms with E-state index in [1.54, 1.807) is 31.4 Å². The molecule has 2 aliphatic heterocycles. The van der Waals surface area contributed by atoms with Gasteiger partial charge >= 0.3 is 5.97 Å². The SMILES string of the molecule is C=C1C[C@@H](O)[C@H]2[C@@H](O[C@H]1CC(=O)OC)C(=O)N2c1ccc(OC)cc1. The first-order chi connectivity index (χ1) is 12.0. The van der Waals surface area contributed by atoms with E-state index in [2.05, 4.69) is 11.3 Å². The summed E-state index contributed by atoms with van der Waals surface area (Å²) in [5.74, 6) is -0.0193. The maximum Gasteiger partial charge on any atom is 0.308 e. The first-order valence-corrected chi connectivity index (χ1v) is 8.01. The highest BCUT2D eigenvalue weighted by Gasteiger charge is 2.55. The Morgan fingerprint density at radius 2 is 2.04 bits per heavy atom. The summed E-state index contributed by atoms with van der Waals surface area (Å²) < 4.78 is 15.6. The predicted molar refractivity (Wildman–Crippen MR) is 89.3 cm³/mol. The van der Waals surface area contributed by atoms with E-state index in [1.807, 2.05) is 0 Å². The first-order valence-electron chi connectivity index (χ1n) is 8.01. The molecule has 0 saturated carbocycles. The first kappa shape index (κ1) is 17.4. The third-order valence-corrected chi connectivity index (χ3v) is 4.65. The number of rotatable bonds is 4. The van der Waals surface area contributed by atoms with Crippen molar-refractivity contribution in [2.45, 2.75) is 37.2 Å². The Morgan fingerprint density at radius 3 is 2.64 bits per heavy atom. The number of esters is 1. The number of fused-ring (bicyclic) bond motifs is 1. The molecule has 1 aromatic carbocycles. The van der Waals surface area contributed by atoms with E-state index in [4.69, 9.17) is 9.47 Å². The monoisotopic (exact) mass is 347 g/mol. The lowest BCUT2D eigenvalue weighted by molar-refractivity contribution is -0.154. The largest absolute Gasteiger partial charge is 0.497 e. The van der Waals surface area contributed by atoms with E-state index >= 15 is 0 Å². The number of carbonyl (C=O) groups is 2. The lowest BCUT2D eigenvalue weighted by Crippen LogP contribution is -2.70. The molecule has 1 amide bonds. The van der Waals surface area contributed by atoms with Crippen LogP contribution in [0.1, 0.15) is 12.8 Å². The number of β-lactam (4-membered cyclic amide) rings is 1. The van der Waals surface area contributed by atoms with Gasteiger partial charge in [-0.15, -0.1) is 0 Å². The molecule has 7 heteroatoms. The van der Waals surface area contributed by atoms with Gasteiger partial charge in [0.1, 0.15) is 5.75 Å². The molecular weight excluding hydrogens is 326 g/mol. The normalized spacial score (nSPS) is 28.7. The summed E-state index contributed by atoms with van der Waals surface area (Å²) in [7, 11) is 2.86. The molecule has 7 nitrogen and oxygen atoms in total. The molecule has 2 fully saturated rings. The van der Waals surface area contributed by atoms with Crippen LogP contribution in [0.5, 0.6) is 5.75 Å². The number of hydrogen-bond donors (Lipinski definition) is 1. The Hall–Kier alpha value is -2.38. The Balaban J connectivity index is 1.81. The Kier molecular flexibility index (Phi) is 4.78. The van der Waals surface area contributed by atoms with E-state index < -0.39 is 30.3 Å². The summed E-state index contributed by atoms with van der Waals surface area (Å²) in [5.41, 5.74) is 1.24. The molecule has 0 bridgehead atoms. The van der Waals surface area contributed by atoms with E-state index in [0.29, 0.717) is 17.0 Å². The summed E-state index contributed by atoms with van der Waals surface area (Å²) in [4.78, 5) is 25.6. The fourth-order valence-corrected chi connectivity index (χ4v) is 3.26. The van der Waals surface area contributed by atoms with Crippen LogP contribution < -0.4 is 9.64 Å². The van der Waals surface area contributed by atoms with Crippen LogP contribution in [0.25, 0.3) is 0 Å². The number of hydrogen-bond acceptors (Lipinski definition) is 6. The van der Waals surface area contributed by atoms with E-state index in [-0.39, 0.29) is 18.7 Å². The molecule has 25 heavy (non-hydrogen) atoms. The fraction of sp³-hybridized carbons (Fsp3) is 0.444. The summed E-state index contributed by atoms with van der Waals surface area (Å²) in [6.07, 6.45) is -2.03. The lowest BCUT2D eigenvalue weighted by Gasteiger charge is -2.47. The van der Waals surface area contributed by atoms with Gasteiger partial charge in [-0.1, -0.05) is 6.58 Å². The molecule has 0 radical (unpaired) electrons. The van der Waals surface area contributed by atoms with Crippen molar-refractivity contribution in [2.75, 3.05) is 19.1 Å². The van der Waals surface area contributed by atoms with Gasteiger partial charge < -0.3 is 24.2 Å². The molecule has 2 saturated heterocycles. The smallest absolute Gasteiger partial charge is 0.308 e. The zero-order valence-corrected chi connectivity index (χ0v) is 14.2. The number of nitrogens with zero attached hydrogens (tertiary/aromatic N) is 1. The van der Waals surface area contributed by atoms with Crippen LogP contribution in [0.3, 0.4) is 0 Å². The van der Waals surface area contributed by atoms with Crippen LogP contribution in [0.4, 0.5) is 5.69 Å². The van der Waals surface area contributed by atoms with E-state index in [0.717, 1.165) is 0 Å². The van der Waals surface area contributed by atoms with Gasteiger partial charge in [-0.05, 0) is 36.3 Å². The number of aliphatic hydroxyl groups excluding tert-OH is 1. The minimum Gasteiger partial charge on any atom is -0.497 e. The van der Waals surface area contributed by atoms with Crippen LogP contribution in [0, 0.1) is 0 Å². The molecule has 0 unspecified atom stereocenters. The molecular formula is C18H21NO6. The maximum absolute atomic E-state index is 12.6. The zero-order chi connectivity index (χ0) is 18.1. The third-order valence-electron chi connectivity index (χ3n) is 4.65. The molecule has 1 N–H and O–H groups in total. The second-order valence-corrected chi connectivity index (χ2v) is 6.15. The summed E-state index contributed by atoms with van der Waals surface area (Å²) >= 11 is 0. The maximum atomic E-state index is 12.6. The number of methoxy groups -OCH3 is 2. The van der Waals surface area contributed by atoms with Gasteiger partial charge in [-0.2, -0.15) is 0 Å². The number of aliphatic hydroxyl groups is 1. The minimum atomic E-state index is -0.819. The van der Waals surface area contributed by atoms with Gasteiger partial charge in [0.15, 0.2) is 6.10 Å². The zero-order valence-electron chi connectivity index (χ0n) is 14.2. The quantitative estimate of drug-likeness (QED) is 0.498. The molecule has 2 heterocycles. The van der Waals surface area contributed by atoms with Crippen molar-refractivity contribution in [1.82, 2.24) is 0 Å². The second kappa shape index (κ2) is 6.85. The molecule has 2 aliphatic rings. The van der Waals surface area contributed by atoms with Gasteiger partial charge in [-0.3, -0.25) is 9.59 Å². The van der Waals surface area contributed by atoms with E-state index in [1.165, 1.54) is 12.0 Å². The number of carbonyl (C=O) groups excluding carboxylic acids is 2. The number of amides is 1. The standard InChI is InChI=1S/C18H21NO6/c1-10-8-13(20)16-17(25-14(10)9-15(21)24-3)18(22)19(16)11-4-6-12(23-2)7-5-11/h4-7,13-14,16-17,20H,1,8-9H2,2-3H3/t13-,14+,16+,17-/m1/s1. The van der Waals surface area contributed by atoms with Gasteiger partial charge in [0.25, 0.3) is 5.91 Å². The highest BCUT2D eigenvalue weighted by Crippen LogP contribution is 2.38. The minimum absolute atomic E-state index is 0.0267. The average Bonchev–Trinajstić information content (AvgIpc) is 2.71. The van der Waals surface area contributed by atoms with Gasteiger partial charge in [0.05, 0.1) is 38.9 Å². The van der Waals surface area contributed by atoms with Crippen molar-refractivity contribution in [3.63, 3.8) is 0 Å². The van der Waals surface area contributed by atoms with Crippen molar-refractivity contribution >= 4 is 17.6 Å². The number of anilines is 1. The molecule has 4 atom stereocenters. The highest BCUT2D eigenvalue weighted by molar-refractivity contribution is 6.05. The molecule has 1 aromatic rings. The molecule has 3 rings (SSSR count). The van der Waals surface area contributed by atoms with Gasteiger partial charge in [0.2, 0.25) is 0 Å². The van der Waals surface area contributed by atoms with Crippen LogP contribution in [-0.4, -0.2) is 55.6 Å². The van der Waals surface area contributed by atoms with Gasteiger partial charge in [0, 0.05) is 5.69 Å². The third kappa shape index (κ3) is 3.12. The Labute approximate surface area is 145 Å². The number of benzene rings is 1. The molecule has 0 aromatic heterocycles. The van der Waals surface area contributed by atoms with Crippen molar-refractivity contribution in [3.8, 4) is 5.75 Å². The summed E-state index contributed by atoms with van der Waals surface area (Å²) in [6, 6.07) is 6.49. The molecule has 0 spiro atoms. The lowest BCUT2D eigenvalue weighted by atomic mass is 9.89. The fourth-order valence-electron chi connectivity index (χ4n) is 3.26. The predicted octanol–water partition coefficient (Wildman–Crippen LogP) is 1.05. The topological polar surface area (TPSA) is 85.3 Å². The van der Waals surface area contributed by atoms with E-state index in [9.17, 15) is 14.7 Å². The van der Waals surface area contributed by atoms with Crippen LogP contribution in [-0.2, 0) is 19.1 Å². The highest BCUT2D eigenvalue weighted by atomic mass is 16.5.